The molecule has 18 heavy (non-hydrogen) atoms. The predicted octanol–water partition coefficient (Wildman–Crippen LogP) is 2.62. The molecule has 1 amide bonds. The second-order valence-corrected chi connectivity index (χ2v) is 4.83. The molecule has 0 saturated heterocycles. The summed E-state index contributed by atoms with van der Waals surface area (Å²) in [7, 11) is 0. The first-order valence-electron chi connectivity index (χ1n) is 5.37. The number of carbonyl (C=O) groups is 1. The fraction of sp³-hybridized carbons (Fsp3) is 0.167. The summed E-state index contributed by atoms with van der Waals surface area (Å²) in [6.07, 6.45) is 0. The normalized spacial score (nSPS) is 10.4. The Balaban J connectivity index is 2.27. The fourth-order valence-corrected chi connectivity index (χ4v) is 1.90. The van der Waals surface area contributed by atoms with E-state index in [2.05, 4.69) is 31.4 Å². The van der Waals surface area contributed by atoms with Crippen molar-refractivity contribution in [2.24, 2.45) is 0 Å². The average molecular weight is 309 g/mol. The van der Waals surface area contributed by atoms with Crippen molar-refractivity contribution < 1.29 is 4.79 Å². The van der Waals surface area contributed by atoms with E-state index < -0.39 is 0 Å². The van der Waals surface area contributed by atoms with Gasteiger partial charge in [0.2, 0.25) is 0 Å². The van der Waals surface area contributed by atoms with E-state index in [1.165, 1.54) is 0 Å². The van der Waals surface area contributed by atoms with Crippen LogP contribution in [0.25, 0.3) is 0 Å². The van der Waals surface area contributed by atoms with E-state index in [1.54, 1.807) is 6.92 Å². The molecule has 1 aromatic carbocycles. The molecule has 0 fully saturated rings. The van der Waals surface area contributed by atoms with Crippen LogP contribution in [-0.2, 0) is 0 Å². The summed E-state index contributed by atoms with van der Waals surface area (Å²) in [5, 5.41) is 9.36. The molecule has 0 spiro atoms. The van der Waals surface area contributed by atoms with Gasteiger partial charge in [-0.25, -0.2) is 0 Å². The number of carbonyl (C=O) groups excluding carboxylic acids is 1. The van der Waals surface area contributed by atoms with Gasteiger partial charge in [0.05, 0.1) is 11.4 Å². The highest BCUT2D eigenvalue weighted by molar-refractivity contribution is 9.10. The molecular formula is C12H13BrN4O. The van der Waals surface area contributed by atoms with E-state index in [0.29, 0.717) is 11.4 Å². The number of hydrogen-bond donors (Lipinski definition) is 3. The number of hydrogen-bond acceptors (Lipinski definition) is 3. The average Bonchev–Trinajstić information content (AvgIpc) is 2.66. The summed E-state index contributed by atoms with van der Waals surface area (Å²) >= 11 is 3.41. The van der Waals surface area contributed by atoms with Crippen LogP contribution in [0, 0.1) is 13.8 Å². The largest absolute Gasteiger partial charge is 0.395 e. The van der Waals surface area contributed by atoms with Gasteiger partial charge in [0.25, 0.3) is 5.91 Å². The van der Waals surface area contributed by atoms with E-state index in [4.69, 9.17) is 5.73 Å². The minimum Gasteiger partial charge on any atom is -0.395 e. The van der Waals surface area contributed by atoms with Crippen LogP contribution in [0.4, 0.5) is 11.4 Å². The topological polar surface area (TPSA) is 83.8 Å². The molecule has 2 aromatic rings. The Hall–Kier alpha value is -1.82. The van der Waals surface area contributed by atoms with Crippen LogP contribution < -0.4 is 11.1 Å². The van der Waals surface area contributed by atoms with Gasteiger partial charge in [-0.15, -0.1) is 0 Å². The van der Waals surface area contributed by atoms with E-state index in [-0.39, 0.29) is 11.6 Å². The number of H-pyrrole nitrogens is 1. The molecule has 0 aliphatic carbocycles. The van der Waals surface area contributed by atoms with Crippen molar-refractivity contribution in [3.05, 3.63) is 39.6 Å². The van der Waals surface area contributed by atoms with Crippen LogP contribution in [0.2, 0.25) is 0 Å². The van der Waals surface area contributed by atoms with E-state index in [9.17, 15) is 4.79 Å². The highest BCUT2D eigenvalue weighted by Gasteiger charge is 2.16. The van der Waals surface area contributed by atoms with Gasteiger partial charge < -0.3 is 11.1 Å². The van der Waals surface area contributed by atoms with E-state index >= 15 is 0 Å². The molecule has 94 valence electrons. The lowest BCUT2D eigenvalue weighted by Gasteiger charge is -2.08. The molecule has 2 rings (SSSR count). The van der Waals surface area contributed by atoms with Crippen molar-refractivity contribution in [3.8, 4) is 0 Å². The minimum absolute atomic E-state index is 0.215. The van der Waals surface area contributed by atoms with Gasteiger partial charge in [0, 0.05) is 10.2 Å². The summed E-state index contributed by atoms with van der Waals surface area (Å²) in [4.78, 5) is 12.0. The Morgan fingerprint density at radius 1 is 1.44 bits per heavy atom. The van der Waals surface area contributed by atoms with Gasteiger partial charge in [0.15, 0.2) is 5.69 Å². The van der Waals surface area contributed by atoms with Crippen molar-refractivity contribution in [2.75, 3.05) is 11.1 Å². The molecule has 5 nitrogen and oxygen atoms in total. The number of nitrogen functional groups attached to an aromatic ring is 1. The second-order valence-electron chi connectivity index (χ2n) is 3.98. The summed E-state index contributed by atoms with van der Waals surface area (Å²) in [5.41, 5.74) is 8.72. The molecule has 0 atom stereocenters. The number of aromatic amines is 1. The van der Waals surface area contributed by atoms with Gasteiger partial charge in [0.1, 0.15) is 0 Å². The van der Waals surface area contributed by atoms with Crippen LogP contribution >= 0.6 is 15.9 Å². The summed E-state index contributed by atoms with van der Waals surface area (Å²) < 4.78 is 0.937. The van der Waals surface area contributed by atoms with Crippen LogP contribution in [0.3, 0.4) is 0 Å². The lowest BCUT2D eigenvalue weighted by molar-refractivity contribution is 0.102. The number of aryl methyl sites for hydroxylation is 1. The molecule has 0 bridgehead atoms. The van der Waals surface area contributed by atoms with Gasteiger partial charge in [-0.1, -0.05) is 22.0 Å². The Labute approximate surface area is 113 Å². The lowest BCUT2D eigenvalue weighted by Crippen LogP contribution is -2.15. The molecule has 4 N–H and O–H groups in total. The van der Waals surface area contributed by atoms with Crippen LogP contribution in [0.1, 0.15) is 21.7 Å². The number of amides is 1. The maximum absolute atomic E-state index is 12.0. The second kappa shape index (κ2) is 4.81. The number of benzene rings is 1. The van der Waals surface area contributed by atoms with Crippen molar-refractivity contribution >= 4 is 33.2 Å². The lowest BCUT2D eigenvalue weighted by atomic mass is 10.2. The smallest absolute Gasteiger partial charge is 0.278 e. The highest BCUT2D eigenvalue weighted by atomic mass is 79.9. The molecule has 0 aliphatic heterocycles. The number of rotatable bonds is 2. The zero-order valence-electron chi connectivity index (χ0n) is 10.0. The first-order valence-corrected chi connectivity index (χ1v) is 6.17. The summed E-state index contributed by atoms with van der Waals surface area (Å²) in [6.45, 7) is 3.68. The number of anilines is 2. The van der Waals surface area contributed by atoms with Crippen LogP contribution in [-0.4, -0.2) is 16.1 Å². The Kier molecular flexibility index (Phi) is 3.38. The quantitative estimate of drug-likeness (QED) is 0.797. The Morgan fingerprint density at radius 3 is 2.78 bits per heavy atom. The van der Waals surface area contributed by atoms with Crippen molar-refractivity contribution in [1.29, 1.82) is 0 Å². The zero-order valence-corrected chi connectivity index (χ0v) is 11.6. The maximum atomic E-state index is 12.0. The molecular weight excluding hydrogens is 296 g/mol. The third kappa shape index (κ3) is 2.24. The van der Waals surface area contributed by atoms with Gasteiger partial charge in [-0.3, -0.25) is 9.89 Å². The van der Waals surface area contributed by atoms with E-state index in [1.807, 2.05) is 25.1 Å². The zero-order chi connectivity index (χ0) is 13.3. The first-order chi connectivity index (χ1) is 8.50. The Morgan fingerprint density at radius 2 is 2.17 bits per heavy atom. The third-order valence-corrected chi connectivity index (χ3v) is 3.58. The van der Waals surface area contributed by atoms with Crippen LogP contribution in [0.5, 0.6) is 0 Å². The molecule has 6 heteroatoms. The maximum Gasteiger partial charge on any atom is 0.278 e. The molecule has 0 saturated carbocycles. The number of nitrogens with zero attached hydrogens (tertiary/aromatic N) is 1. The summed E-state index contributed by atoms with van der Waals surface area (Å²) in [5.74, 6) is -0.321. The van der Waals surface area contributed by atoms with Gasteiger partial charge >= 0.3 is 0 Å². The van der Waals surface area contributed by atoms with Gasteiger partial charge in [-0.05, 0) is 31.5 Å². The van der Waals surface area contributed by atoms with Gasteiger partial charge in [-0.2, -0.15) is 5.10 Å². The molecule has 1 heterocycles. The van der Waals surface area contributed by atoms with Crippen molar-refractivity contribution in [1.82, 2.24) is 10.2 Å². The highest BCUT2D eigenvalue weighted by Crippen LogP contribution is 2.24. The minimum atomic E-state index is -0.321. The number of nitrogens with two attached hydrogens (primary N) is 1. The standard InChI is InChI=1S/C12H13BrN4O/c1-6-8(13)4-3-5-9(6)15-12(18)11-10(14)7(2)16-17-11/h3-5H,14H2,1-2H3,(H,15,18)(H,16,17). The van der Waals surface area contributed by atoms with Crippen molar-refractivity contribution in [2.45, 2.75) is 13.8 Å². The number of aromatic nitrogens is 2. The predicted molar refractivity (Wildman–Crippen MR) is 74.6 cm³/mol. The molecule has 0 unspecified atom stereocenters. The third-order valence-electron chi connectivity index (χ3n) is 2.73. The summed E-state index contributed by atoms with van der Waals surface area (Å²) in [6, 6.07) is 5.59. The SMILES string of the molecule is Cc1[nH]nc(C(=O)Nc2cccc(Br)c2C)c1N. The monoisotopic (exact) mass is 308 g/mol. The molecule has 0 aliphatic rings. The molecule has 0 radical (unpaired) electrons. The number of halogens is 1. The molecule has 1 aromatic heterocycles. The number of nitrogens with one attached hydrogen (secondary N) is 2. The fourth-order valence-electron chi connectivity index (χ4n) is 1.54. The van der Waals surface area contributed by atoms with Crippen LogP contribution in [0.15, 0.2) is 22.7 Å². The Bertz CT molecular complexity index is 606. The van der Waals surface area contributed by atoms with Crippen molar-refractivity contribution in [3.63, 3.8) is 0 Å². The first kappa shape index (κ1) is 12.6. The van der Waals surface area contributed by atoms with E-state index in [0.717, 1.165) is 15.7 Å².